The second kappa shape index (κ2) is 5.97. The number of nitrogen functional groups attached to an aromatic ring is 1. The Morgan fingerprint density at radius 2 is 2.10 bits per heavy atom. The van der Waals surface area contributed by atoms with Gasteiger partial charge in [0.1, 0.15) is 0 Å². The molecule has 0 aliphatic heterocycles. The van der Waals surface area contributed by atoms with Crippen LogP contribution in [0.5, 0.6) is 0 Å². The highest BCUT2D eigenvalue weighted by molar-refractivity contribution is 7.89. The molecule has 1 unspecified atom stereocenters. The molecule has 1 aromatic rings. The largest absolute Gasteiger partial charge is 0.399 e. The zero-order valence-electron chi connectivity index (χ0n) is 13.1. The molecule has 1 saturated carbocycles. The number of anilines is 1. The van der Waals surface area contributed by atoms with E-state index in [-0.39, 0.29) is 11.5 Å². The number of nitrogens with one attached hydrogen (secondary N) is 1. The van der Waals surface area contributed by atoms with Crippen LogP contribution in [0.25, 0.3) is 0 Å². The summed E-state index contributed by atoms with van der Waals surface area (Å²) in [6, 6.07) is 5.13. The average Bonchev–Trinajstić information content (AvgIpc) is 2.37. The van der Waals surface area contributed by atoms with Gasteiger partial charge in [0.2, 0.25) is 10.0 Å². The van der Waals surface area contributed by atoms with Crippen LogP contribution in [0.3, 0.4) is 0 Å². The van der Waals surface area contributed by atoms with Crippen LogP contribution in [0, 0.1) is 5.41 Å². The van der Waals surface area contributed by atoms with Crippen LogP contribution < -0.4 is 10.5 Å². The molecular weight excluding hydrogens is 284 g/mol. The molecule has 4 nitrogen and oxygen atoms in total. The molecule has 118 valence electrons. The highest BCUT2D eigenvalue weighted by atomic mass is 32.2. The molecule has 0 amide bonds. The molecule has 2 rings (SSSR count). The lowest BCUT2D eigenvalue weighted by molar-refractivity contribution is 0.212. The van der Waals surface area contributed by atoms with Crippen molar-refractivity contribution < 1.29 is 8.42 Å². The highest BCUT2D eigenvalue weighted by Crippen LogP contribution is 2.35. The van der Waals surface area contributed by atoms with Crippen molar-refractivity contribution in [3.63, 3.8) is 0 Å². The monoisotopic (exact) mass is 310 g/mol. The van der Waals surface area contributed by atoms with Crippen molar-refractivity contribution in [1.29, 1.82) is 0 Å². The van der Waals surface area contributed by atoms with E-state index in [9.17, 15) is 8.42 Å². The summed E-state index contributed by atoms with van der Waals surface area (Å²) in [5.41, 5.74) is 7.26. The molecule has 0 bridgehead atoms. The molecule has 1 fully saturated rings. The topological polar surface area (TPSA) is 72.2 Å². The van der Waals surface area contributed by atoms with Gasteiger partial charge in [-0.3, -0.25) is 0 Å². The van der Waals surface area contributed by atoms with Crippen molar-refractivity contribution in [2.75, 3.05) is 5.73 Å². The number of rotatable bonds is 4. The Morgan fingerprint density at radius 3 is 2.71 bits per heavy atom. The lowest BCUT2D eigenvalue weighted by Gasteiger charge is -2.35. The summed E-state index contributed by atoms with van der Waals surface area (Å²) in [4.78, 5) is 0.327. The predicted molar refractivity (Wildman–Crippen MR) is 86.6 cm³/mol. The fraction of sp³-hybridized carbons (Fsp3) is 0.625. The van der Waals surface area contributed by atoms with Crippen LogP contribution in [0.15, 0.2) is 23.1 Å². The number of benzene rings is 1. The van der Waals surface area contributed by atoms with Crippen molar-refractivity contribution in [2.24, 2.45) is 5.41 Å². The average molecular weight is 310 g/mol. The molecule has 1 aliphatic carbocycles. The Morgan fingerprint density at radius 1 is 1.38 bits per heavy atom. The standard InChI is InChI=1S/C16H26N2O2S/c1-4-12-7-8-13(17)10-15(12)21(19,20)18-14-6-5-9-16(2,3)11-14/h7-8,10,14,18H,4-6,9,11,17H2,1-3H3. The van der Waals surface area contributed by atoms with Gasteiger partial charge in [0.05, 0.1) is 4.90 Å². The van der Waals surface area contributed by atoms with E-state index in [1.165, 1.54) is 0 Å². The zero-order valence-corrected chi connectivity index (χ0v) is 14.0. The maximum atomic E-state index is 12.7. The molecule has 0 saturated heterocycles. The fourth-order valence-corrected chi connectivity index (χ4v) is 4.81. The maximum absolute atomic E-state index is 12.7. The lowest BCUT2D eigenvalue weighted by atomic mass is 9.75. The van der Waals surface area contributed by atoms with Crippen LogP contribution in [0.4, 0.5) is 5.69 Å². The molecule has 5 heteroatoms. The van der Waals surface area contributed by atoms with Crippen LogP contribution in [0.1, 0.15) is 52.0 Å². The van der Waals surface area contributed by atoms with E-state index in [1.807, 2.05) is 6.92 Å². The van der Waals surface area contributed by atoms with Gasteiger partial charge in [-0.25, -0.2) is 13.1 Å². The molecule has 1 aromatic carbocycles. The number of sulfonamides is 1. The van der Waals surface area contributed by atoms with E-state index in [2.05, 4.69) is 18.6 Å². The van der Waals surface area contributed by atoms with E-state index < -0.39 is 10.0 Å². The third-order valence-electron chi connectivity index (χ3n) is 4.29. The van der Waals surface area contributed by atoms with Crippen molar-refractivity contribution in [3.8, 4) is 0 Å². The summed E-state index contributed by atoms with van der Waals surface area (Å²) in [7, 11) is -3.51. The van der Waals surface area contributed by atoms with Gasteiger partial charge in [-0.05, 0) is 48.8 Å². The van der Waals surface area contributed by atoms with Gasteiger partial charge in [-0.15, -0.1) is 0 Å². The SMILES string of the molecule is CCc1ccc(N)cc1S(=O)(=O)NC1CCCC(C)(C)C1. The van der Waals surface area contributed by atoms with Gasteiger partial charge >= 0.3 is 0 Å². The van der Waals surface area contributed by atoms with Gasteiger partial charge in [0.25, 0.3) is 0 Å². The van der Waals surface area contributed by atoms with Crippen LogP contribution in [-0.4, -0.2) is 14.5 Å². The molecule has 1 atom stereocenters. The first-order valence-electron chi connectivity index (χ1n) is 7.64. The van der Waals surface area contributed by atoms with Gasteiger partial charge in [0.15, 0.2) is 0 Å². The third kappa shape index (κ3) is 3.98. The first-order chi connectivity index (χ1) is 9.73. The summed E-state index contributed by atoms with van der Waals surface area (Å²) in [5.74, 6) is 0. The molecular formula is C16H26N2O2S. The first kappa shape index (κ1) is 16.3. The van der Waals surface area contributed by atoms with Crippen molar-refractivity contribution >= 4 is 15.7 Å². The second-order valence-electron chi connectivity index (χ2n) is 6.80. The lowest BCUT2D eigenvalue weighted by Crippen LogP contribution is -2.40. The van der Waals surface area contributed by atoms with Crippen molar-refractivity contribution in [1.82, 2.24) is 4.72 Å². The number of hydrogen-bond donors (Lipinski definition) is 2. The molecule has 0 aromatic heterocycles. The summed E-state index contributed by atoms with van der Waals surface area (Å²) >= 11 is 0. The predicted octanol–water partition coefficient (Wildman–Crippen LogP) is 3.08. The van der Waals surface area contributed by atoms with Crippen molar-refractivity contribution in [3.05, 3.63) is 23.8 Å². The van der Waals surface area contributed by atoms with Gasteiger partial charge in [-0.2, -0.15) is 0 Å². The normalized spacial score (nSPS) is 22.1. The fourth-order valence-electron chi connectivity index (χ4n) is 3.20. The highest BCUT2D eigenvalue weighted by Gasteiger charge is 2.31. The summed E-state index contributed by atoms with van der Waals surface area (Å²) in [6.45, 7) is 6.35. The van der Waals surface area contributed by atoms with Crippen LogP contribution >= 0.6 is 0 Å². The molecule has 0 heterocycles. The van der Waals surface area contributed by atoms with Crippen LogP contribution in [0.2, 0.25) is 0 Å². The van der Waals surface area contributed by atoms with Gasteiger partial charge in [-0.1, -0.05) is 33.3 Å². The van der Waals surface area contributed by atoms with Gasteiger partial charge in [0, 0.05) is 11.7 Å². The van der Waals surface area contributed by atoms with E-state index in [4.69, 9.17) is 5.73 Å². The van der Waals surface area contributed by atoms with E-state index in [1.54, 1.807) is 18.2 Å². The van der Waals surface area contributed by atoms with Crippen LogP contribution in [-0.2, 0) is 16.4 Å². The molecule has 0 radical (unpaired) electrons. The summed E-state index contributed by atoms with van der Waals surface area (Å²) in [6.07, 6.45) is 4.69. The Labute approximate surface area is 128 Å². The Bertz CT molecular complexity index is 609. The van der Waals surface area contributed by atoms with E-state index >= 15 is 0 Å². The minimum Gasteiger partial charge on any atom is -0.399 e. The van der Waals surface area contributed by atoms with E-state index in [0.29, 0.717) is 17.0 Å². The second-order valence-corrected chi connectivity index (χ2v) is 8.48. The van der Waals surface area contributed by atoms with E-state index in [0.717, 1.165) is 31.2 Å². The Kier molecular flexibility index (Phi) is 4.63. The Hall–Kier alpha value is -1.07. The number of aryl methyl sites for hydroxylation is 1. The molecule has 1 aliphatic rings. The molecule has 21 heavy (non-hydrogen) atoms. The summed E-state index contributed by atoms with van der Waals surface area (Å²) < 4.78 is 28.2. The minimum atomic E-state index is -3.51. The number of nitrogens with two attached hydrogens (primary N) is 1. The smallest absolute Gasteiger partial charge is 0.241 e. The third-order valence-corrected chi connectivity index (χ3v) is 5.89. The molecule has 3 N–H and O–H groups in total. The number of hydrogen-bond acceptors (Lipinski definition) is 3. The molecule has 0 spiro atoms. The zero-order chi connectivity index (χ0) is 15.7. The minimum absolute atomic E-state index is 0.0184. The first-order valence-corrected chi connectivity index (χ1v) is 9.12. The maximum Gasteiger partial charge on any atom is 0.241 e. The summed E-state index contributed by atoms with van der Waals surface area (Å²) in [5, 5.41) is 0. The van der Waals surface area contributed by atoms with Gasteiger partial charge < -0.3 is 5.73 Å². The van der Waals surface area contributed by atoms with Crippen molar-refractivity contribution in [2.45, 2.75) is 63.8 Å². The quantitative estimate of drug-likeness (QED) is 0.839. The Balaban J connectivity index is 2.24.